The van der Waals surface area contributed by atoms with Crippen molar-refractivity contribution in [2.45, 2.75) is 13.5 Å². The molecule has 94 valence electrons. The summed E-state index contributed by atoms with van der Waals surface area (Å²) in [6.07, 6.45) is 3.47. The maximum Gasteiger partial charge on any atom is 0.239 e. The maximum absolute atomic E-state index is 5.31. The number of aromatic nitrogens is 3. The molecule has 0 aliphatic heterocycles. The van der Waals surface area contributed by atoms with Gasteiger partial charge in [-0.05, 0) is 25.1 Å². The van der Waals surface area contributed by atoms with Gasteiger partial charge in [-0.15, -0.1) is 0 Å². The molecule has 2 rings (SSSR count). The van der Waals surface area contributed by atoms with Crippen LogP contribution in [0.2, 0.25) is 0 Å². The predicted molar refractivity (Wildman–Crippen MR) is 70.8 cm³/mol. The molecule has 18 heavy (non-hydrogen) atoms. The van der Waals surface area contributed by atoms with Gasteiger partial charge in [0.1, 0.15) is 5.82 Å². The van der Waals surface area contributed by atoms with Crippen molar-refractivity contribution in [1.82, 2.24) is 15.0 Å². The van der Waals surface area contributed by atoms with Gasteiger partial charge in [-0.2, -0.15) is 4.98 Å². The number of nitrogens with one attached hydrogen (secondary N) is 1. The van der Waals surface area contributed by atoms with Crippen LogP contribution < -0.4 is 16.2 Å². The van der Waals surface area contributed by atoms with E-state index in [2.05, 4.69) is 32.2 Å². The summed E-state index contributed by atoms with van der Waals surface area (Å²) < 4.78 is 0. The van der Waals surface area contributed by atoms with Gasteiger partial charge in [0.05, 0.1) is 12.2 Å². The summed E-state index contributed by atoms with van der Waals surface area (Å²) in [7, 11) is 0. The number of nitrogen functional groups attached to an aromatic ring is 1. The zero-order chi connectivity index (χ0) is 12.8. The van der Waals surface area contributed by atoms with E-state index < -0.39 is 0 Å². The van der Waals surface area contributed by atoms with Crippen LogP contribution in [0, 0.1) is 0 Å². The summed E-state index contributed by atoms with van der Waals surface area (Å²) in [5.74, 6) is 6.54. The smallest absolute Gasteiger partial charge is 0.239 e. The summed E-state index contributed by atoms with van der Waals surface area (Å²) in [4.78, 5) is 14.7. The molecule has 0 atom stereocenters. The minimum Gasteiger partial charge on any atom is -0.351 e. The summed E-state index contributed by atoms with van der Waals surface area (Å²) in [6.45, 7) is 3.61. The Balaban J connectivity index is 2.17. The largest absolute Gasteiger partial charge is 0.351 e. The normalized spacial score (nSPS) is 10.1. The van der Waals surface area contributed by atoms with E-state index in [9.17, 15) is 0 Å². The molecular weight excluding hydrogens is 228 g/mol. The summed E-state index contributed by atoms with van der Waals surface area (Å²) in [6, 6.07) is 7.73. The average molecular weight is 244 g/mol. The van der Waals surface area contributed by atoms with Crippen LogP contribution in [0.15, 0.2) is 36.7 Å². The topological polar surface area (TPSA) is 80.0 Å². The number of anilines is 2. The first-order chi connectivity index (χ1) is 8.83. The zero-order valence-electron chi connectivity index (χ0n) is 10.2. The molecule has 2 heterocycles. The van der Waals surface area contributed by atoms with E-state index in [0.29, 0.717) is 12.5 Å². The molecule has 0 radical (unpaired) electrons. The van der Waals surface area contributed by atoms with Crippen molar-refractivity contribution in [2.75, 3.05) is 16.9 Å². The molecule has 2 aromatic rings. The van der Waals surface area contributed by atoms with Gasteiger partial charge in [-0.3, -0.25) is 10.4 Å². The zero-order valence-corrected chi connectivity index (χ0v) is 10.2. The highest BCUT2D eigenvalue weighted by Gasteiger charge is 2.08. The second-order valence-electron chi connectivity index (χ2n) is 3.72. The molecule has 6 heteroatoms. The lowest BCUT2D eigenvalue weighted by molar-refractivity contribution is 0.791. The molecule has 6 nitrogen and oxygen atoms in total. The molecular formula is C12H16N6. The van der Waals surface area contributed by atoms with Crippen LogP contribution in [0.3, 0.4) is 0 Å². The number of hydrogen-bond donors (Lipinski definition) is 2. The number of nitrogens with two attached hydrogens (primary N) is 1. The van der Waals surface area contributed by atoms with E-state index in [4.69, 9.17) is 5.84 Å². The summed E-state index contributed by atoms with van der Waals surface area (Å²) in [5.41, 5.74) is 3.45. The van der Waals surface area contributed by atoms with Gasteiger partial charge in [0.15, 0.2) is 0 Å². The Morgan fingerprint density at radius 2 is 2.11 bits per heavy atom. The molecule has 0 amide bonds. The van der Waals surface area contributed by atoms with Gasteiger partial charge in [0.25, 0.3) is 0 Å². The Morgan fingerprint density at radius 1 is 1.22 bits per heavy atom. The first kappa shape index (κ1) is 12.3. The van der Waals surface area contributed by atoms with Crippen molar-refractivity contribution in [1.29, 1.82) is 0 Å². The Kier molecular flexibility index (Phi) is 4.03. The molecule has 0 bridgehead atoms. The molecule has 0 aromatic carbocycles. The average Bonchev–Trinajstić information content (AvgIpc) is 2.46. The number of nitrogens with zero attached hydrogens (tertiary/aromatic N) is 4. The monoisotopic (exact) mass is 244 g/mol. The third kappa shape index (κ3) is 2.92. The van der Waals surface area contributed by atoms with E-state index in [1.165, 1.54) is 0 Å². The van der Waals surface area contributed by atoms with E-state index >= 15 is 0 Å². The molecule has 0 fully saturated rings. The van der Waals surface area contributed by atoms with Gasteiger partial charge in [0.2, 0.25) is 5.95 Å². The fraction of sp³-hybridized carbons (Fsp3) is 0.250. The number of rotatable bonds is 5. The molecule has 0 spiro atoms. The fourth-order valence-electron chi connectivity index (χ4n) is 1.64. The lowest BCUT2D eigenvalue weighted by Gasteiger charge is -2.21. The Bertz CT molecular complexity index is 487. The minimum atomic E-state index is 0.409. The maximum atomic E-state index is 5.31. The van der Waals surface area contributed by atoms with Crippen molar-refractivity contribution >= 4 is 11.8 Å². The number of hydrazine groups is 1. The van der Waals surface area contributed by atoms with Gasteiger partial charge in [-0.1, -0.05) is 6.07 Å². The lowest BCUT2D eigenvalue weighted by atomic mass is 10.3. The SMILES string of the molecule is CCN(Cc1ccccn1)c1ccnc(NN)n1. The first-order valence-corrected chi connectivity index (χ1v) is 5.78. The number of pyridine rings is 1. The van der Waals surface area contributed by atoms with Crippen LogP contribution in [0.5, 0.6) is 0 Å². The third-order valence-corrected chi connectivity index (χ3v) is 2.55. The standard InChI is InChI=1S/C12H16N6/c1-2-18(9-10-5-3-4-7-14-10)11-6-8-15-12(16-11)17-13/h3-8H,2,9,13H2,1H3,(H,15,16,17). The summed E-state index contributed by atoms with van der Waals surface area (Å²) in [5, 5.41) is 0. The van der Waals surface area contributed by atoms with E-state index in [0.717, 1.165) is 18.1 Å². The van der Waals surface area contributed by atoms with Crippen molar-refractivity contribution in [3.63, 3.8) is 0 Å². The Labute approximate surface area is 106 Å². The second kappa shape index (κ2) is 5.92. The van der Waals surface area contributed by atoms with Gasteiger partial charge in [-0.25, -0.2) is 10.8 Å². The van der Waals surface area contributed by atoms with Crippen molar-refractivity contribution in [3.8, 4) is 0 Å². The third-order valence-electron chi connectivity index (χ3n) is 2.55. The summed E-state index contributed by atoms with van der Waals surface area (Å²) >= 11 is 0. The highest BCUT2D eigenvalue weighted by atomic mass is 15.3. The molecule has 0 aliphatic carbocycles. The minimum absolute atomic E-state index is 0.409. The van der Waals surface area contributed by atoms with Crippen molar-refractivity contribution in [3.05, 3.63) is 42.4 Å². The first-order valence-electron chi connectivity index (χ1n) is 5.78. The molecule has 0 saturated carbocycles. The molecule has 0 saturated heterocycles. The second-order valence-corrected chi connectivity index (χ2v) is 3.72. The molecule has 0 unspecified atom stereocenters. The van der Waals surface area contributed by atoms with E-state index in [-0.39, 0.29) is 0 Å². The fourth-order valence-corrected chi connectivity index (χ4v) is 1.64. The van der Waals surface area contributed by atoms with E-state index in [1.807, 2.05) is 24.3 Å². The van der Waals surface area contributed by atoms with Gasteiger partial charge >= 0.3 is 0 Å². The quantitative estimate of drug-likeness (QED) is 0.607. The Morgan fingerprint density at radius 3 is 2.78 bits per heavy atom. The van der Waals surface area contributed by atoms with Crippen LogP contribution in [0.4, 0.5) is 11.8 Å². The van der Waals surface area contributed by atoms with Gasteiger partial charge < -0.3 is 4.90 Å². The van der Waals surface area contributed by atoms with E-state index in [1.54, 1.807) is 12.4 Å². The molecule has 2 aromatic heterocycles. The van der Waals surface area contributed by atoms with Crippen LogP contribution in [0.25, 0.3) is 0 Å². The molecule has 3 N–H and O–H groups in total. The lowest BCUT2D eigenvalue weighted by Crippen LogP contribution is -2.24. The molecule has 0 aliphatic rings. The number of hydrogen-bond acceptors (Lipinski definition) is 6. The van der Waals surface area contributed by atoms with Crippen LogP contribution in [-0.2, 0) is 6.54 Å². The highest BCUT2D eigenvalue weighted by Crippen LogP contribution is 2.14. The van der Waals surface area contributed by atoms with Crippen LogP contribution in [-0.4, -0.2) is 21.5 Å². The predicted octanol–water partition coefficient (Wildman–Crippen LogP) is 1.18. The van der Waals surface area contributed by atoms with Crippen molar-refractivity contribution in [2.24, 2.45) is 5.84 Å². The highest BCUT2D eigenvalue weighted by molar-refractivity contribution is 5.42. The Hall–Kier alpha value is -2.21. The van der Waals surface area contributed by atoms with Gasteiger partial charge in [0, 0.05) is 18.9 Å². The van der Waals surface area contributed by atoms with Crippen LogP contribution in [0.1, 0.15) is 12.6 Å². The van der Waals surface area contributed by atoms with Crippen LogP contribution >= 0.6 is 0 Å². The van der Waals surface area contributed by atoms with Crippen molar-refractivity contribution < 1.29 is 0 Å².